The molecule has 1 N–H and O–H groups in total. The Balaban J connectivity index is 1.48. The topological polar surface area (TPSA) is 50.9 Å². The molecule has 0 spiro atoms. The van der Waals surface area contributed by atoms with Gasteiger partial charge >= 0.3 is 0 Å². The van der Waals surface area contributed by atoms with E-state index in [1.54, 1.807) is 11.9 Å². The van der Waals surface area contributed by atoms with Gasteiger partial charge in [0.05, 0.1) is 6.10 Å². The van der Waals surface area contributed by atoms with E-state index in [1.807, 2.05) is 11.0 Å². The van der Waals surface area contributed by atoms with Gasteiger partial charge in [-0.1, -0.05) is 31.6 Å². The zero-order valence-electron chi connectivity index (χ0n) is 15.4. The van der Waals surface area contributed by atoms with Crippen LogP contribution >= 0.6 is 0 Å². The van der Waals surface area contributed by atoms with Gasteiger partial charge in [0, 0.05) is 11.1 Å². The van der Waals surface area contributed by atoms with E-state index in [1.165, 1.54) is 31.4 Å². The van der Waals surface area contributed by atoms with Crippen LogP contribution in [-0.4, -0.2) is 26.0 Å². The molecule has 4 nitrogen and oxygen atoms in total. The van der Waals surface area contributed by atoms with Crippen molar-refractivity contribution in [2.75, 3.05) is 0 Å². The van der Waals surface area contributed by atoms with Crippen LogP contribution in [0.2, 0.25) is 0 Å². The fraction of sp³-hybridized carbons (Fsp3) is 0.714. The molecule has 5 rings (SSSR count). The second-order valence-corrected chi connectivity index (χ2v) is 9.28. The summed E-state index contributed by atoms with van der Waals surface area (Å²) in [6.45, 7) is 4.95. The van der Waals surface area contributed by atoms with Crippen molar-refractivity contribution in [2.24, 2.45) is 28.6 Å². The van der Waals surface area contributed by atoms with E-state index in [0.29, 0.717) is 11.3 Å². The van der Waals surface area contributed by atoms with Gasteiger partial charge in [-0.2, -0.15) is 5.10 Å². The fourth-order valence-corrected chi connectivity index (χ4v) is 6.87. The van der Waals surface area contributed by atoms with Gasteiger partial charge in [0.15, 0.2) is 0 Å². The van der Waals surface area contributed by atoms with Gasteiger partial charge in [-0.05, 0) is 68.1 Å². The minimum absolute atomic E-state index is 0.114. The maximum Gasteiger partial charge on any atom is 0.138 e. The summed E-state index contributed by atoms with van der Waals surface area (Å²) in [7, 11) is 0. The fourth-order valence-electron chi connectivity index (χ4n) is 6.87. The molecule has 0 amide bonds. The van der Waals surface area contributed by atoms with E-state index < -0.39 is 0 Å². The maximum absolute atomic E-state index is 10.1. The van der Waals surface area contributed by atoms with Crippen molar-refractivity contribution in [1.82, 2.24) is 14.8 Å². The predicted octanol–water partition coefficient (Wildman–Crippen LogP) is 4.05. The molecule has 1 aromatic heterocycles. The van der Waals surface area contributed by atoms with Gasteiger partial charge in [0.25, 0.3) is 0 Å². The van der Waals surface area contributed by atoms with E-state index in [2.05, 4.69) is 36.1 Å². The first kappa shape index (κ1) is 15.8. The van der Waals surface area contributed by atoms with Crippen LogP contribution in [0.3, 0.4) is 0 Å². The number of hydrogen-bond acceptors (Lipinski definition) is 3. The quantitative estimate of drug-likeness (QED) is 0.785. The van der Waals surface area contributed by atoms with Gasteiger partial charge in [-0.15, -0.1) is 0 Å². The lowest BCUT2D eigenvalue weighted by atomic mass is 9.48. The average Bonchev–Trinajstić information content (AvgIpc) is 3.22. The number of rotatable bonds is 1. The highest BCUT2D eigenvalue weighted by molar-refractivity contribution is 5.55. The monoisotopic (exact) mass is 339 g/mol. The molecule has 4 aliphatic carbocycles. The first-order valence-corrected chi connectivity index (χ1v) is 9.95. The summed E-state index contributed by atoms with van der Waals surface area (Å²) < 4.78 is 2.00. The van der Waals surface area contributed by atoms with Gasteiger partial charge in [-0.3, -0.25) is 0 Å². The molecule has 0 aliphatic heterocycles. The van der Waals surface area contributed by atoms with Crippen LogP contribution in [-0.2, 0) is 0 Å². The Morgan fingerprint density at radius 1 is 1.08 bits per heavy atom. The molecule has 1 aromatic rings. The Bertz CT molecular complexity index is 736. The standard InChI is InChI=1S/C21H29N3O/c1-20-9-7-15(25)11-14(20)3-4-16-17-5-6-19(24-13-22-12-23-24)21(17,2)10-8-18(16)20/h3,6,12-13,15-18,25H,4-5,7-11H2,1-2H3/t15-,16-,17-,18-,20-,21-/m0/s1. The highest BCUT2D eigenvalue weighted by Gasteiger charge is 2.57. The zero-order chi connectivity index (χ0) is 17.2. The lowest BCUT2D eigenvalue weighted by molar-refractivity contribution is -0.0251. The molecule has 4 aliphatic rings. The summed E-state index contributed by atoms with van der Waals surface area (Å²) in [4.78, 5) is 4.17. The van der Waals surface area contributed by atoms with Gasteiger partial charge in [0.2, 0.25) is 0 Å². The van der Waals surface area contributed by atoms with Crippen molar-refractivity contribution >= 4 is 5.70 Å². The molecule has 4 heteroatoms. The molecule has 0 unspecified atom stereocenters. The van der Waals surface area contributed by atoms with Crippen LogP contribution in [0.1, 0.15) is 58.8 Å². The molecule has 0 aromatic carbocycles. The summed E-state index contributed by atoms with van der Waals surface area (Å²) in [6.07, 6.45) is 16.3. The first-order chi connectivity index (χ1) is 12.0. The van der Waals surface area contributed by atoms with Crippen molar-refractivity contribution < 1.29 is 5.11 Å². The van der Waals surface area contributed by atoms with E-state index in [-0.39, 0.29) is 11.5 Å². The van der Waals surface area contributed by atoms with Gasteiger partial charge in [0.1, 0.15) is 12.7 Å². The Kier molecular flexibility index (Phi) is 3.35. The third-order valence-electron chi connectivity index (χ3n) is 8.28. The van der Waals surface area contributed by atoms with E-state index in [4.69, 9.17) is 0 Å². The lowest BCUT2D eigenvalue weighted by Gasteiger charge is -2.57. The van der Waals surface area contributed by atoms with E-state index in [9.17, 15) is 5.11 Å². The molecule has 2 saturated carbocycles. The summed E-state index contributed by atoms with van der Waals surface area (Å²) in [6, 6.07) is 0. The third kappa shape index (κ3) is 2.09. The number of aliphatic hydroxyl groups is 1. The maximum atomic E-state index is 10.1. The number of fused-ring (bicyclic) bond motifs is 5. The predicted molar refractivity (Wildman–Crippen MR) is 97.4 cm³/mol. The van der Waals surface area contributed by atoms with Crippen molar-refractivity contribution in [2.45, 2.75) is 64.9 Å². The molecule has 25 heavy (non-hydrogen) atoms. The number of aliphatic hydroxyl groups excluding tert-OH is 1. The molecule has 1 heterocycles. The smallest absolute Gasteiger partial charge is 0.138 e. The molecule has 6 atom stereocenters. The van der Waals surface area contributed by atoms with Gasteiger partial charge < -0.3 is 5.11 Å². The van der Waals surface area contributed by atoms with Crippen molar-refractivity contribution in [3.05, 3.63) is 30.4 Å². The summed E-state index contributed by atoms with van der Waals surface area (Å²) in [5.74, 6) is 2.26. The summed E-state index contributed by atoms with van der Waals surface area (Å²) in [5, 5.41) is 14.5. The van der Waals surface area contributed by atoms with E-state index in [0.717, 1.165) is 31.1 Å². The highest BCUT2D eigenvalue weighted by atomic mass is 16.3. The minimum atomic E-state index is -0.114. The molecule has 0 bridgehead atoms. The van der Waals surface area contributed by atoms with Crippen LogP contribution < -0.4 is 0 Å². The van der Waals surface area contributed by atoms with Crippen LogP contribution in [0.25, 0.3) is 5.70 Å². The van der Waals surface area contributed by atoms with E-state index >= 15 is 0 Å². The molecular formula is C21H29N3O. The van der Waals surface area contributed by atoms with Crippen LogP contribution in [0, 0.1) is 28.6 Å². The summed E-state index contributed by atoms with van der Waals surface area (Å²) >= 11 is 0. The van der Waals surface area contributed by atoms with Crippen molar-refractivity contribution in [1.29, 1.82) is 0 Å². The van der Waals surface area contributed by atoms with Crippen LogP contribution in [0.4, 0.5) is 0 Å². The molecule has 134 valence electrons. The lowest BCUT2D eigenvalue weighted by Crippen LogP contribution is -2.50. The van der Waals surface area contributed by atoms with Crippen LogP contribution in [0.15, 0.2) is 30.4 Å². The number of nitrogens with zero attached hydrogens (tertiary/aromatic N) is 3. The molecule has 0 saturated heterocycles. The number of allylic oxidation sites excluding steroid dienone is 3. The average molecular weight is 339 g/mol. The third-order valence-corrected chi connectivity index (χ3v) is 8.28. The SMILES string of the molecule is C[C@]12CC[C@H](O)CC1=CC[C@@H]1[C@@H]2CC[C@]2(C)C(n3cncn3)=CC[C@@H]12. The first-order valence-electron chi connectivity index (χ1n) is 9.95. The van der Waals surface area contributed by atoms with Crippen LogP contribution in [0.5, 0.6) is 0 Å². The Morgan fingerprint density at radius 3 is 2.72 bits per heavy atom. The highest BCUT2D eigenvalue weighted by Crippen LogP contribution is 2.65. The second kappa shape index (κ2) is 5.29. The normalized spacial score (nSPS) is 45.9. The van der Waals surface area contributed by atoms with Gasteiger partial charge in [-0.25, -0.2) is 9.67 Å². The number of hydrogen-bond donors (Lipinski definition) is 1. The summed E-state index contributed by atoms with van der Waals surface area (Å²) in [5.41, 5.74) is 3.47. The molecular weight excluding hydrogens is 310 g/mol. The largest absolute Gasteiger partial charge is 0.393 e. The molecule has 0 radical (unpaired) electrons. The van der Waals surface area contributed by atoms with Crippen molar-refractivity contribution in [3.63, 3.8) is 0 Å². The molecule has 2 fully saturated rings. The van der Waals surface area contributed by atoms with Crippen molar-refractivity contribution in [3.8, 4) is 0 Å². The minimum Gasteiger partial charge on any atom is -0.393 e. The number of aromatic nitrogens is 3. The Labute approximate surface area is 150 Å². The zero-order valence-corrected chi connectivity index (χ0v) is 15.4. The Hall–Kier alpha value is -1.42. The Morgan fingerprint density at radius 2 is 1.92 bits per heavy atom. The second-order valence-electron chi connectivity index (χ2n) is 9.28.